The highest BCUT2D eigenvalue weighted by Crippen LogP contribution is 2.00. The van der Waals surface area contributed by atoms with Crippen LogP contribution in [0.4, 0.5) is 4.39 Å². The molecule has 0 heterocycles. The summed E-state index contributed by atoms with van der Waals surface area (Å²) < 4.78 is 12.4. The summed E-state index contributed by atoms with van der Waals surface area (Å²) in [6, 6.07) is 4.43. The minimum Gasteiger partial charge on any atom is -0.611 e. The molecule has 66 valence electrons. The van der Waals surface area contributed by atoms with Gasteiger partial charge in [0, 0.05) is 0 Å². The molecule has 0 fully saturated rings. The van der Waals surface area contributed by atoms with Crippen LogP contribution in [-0.4, -0.2) is 5.91 Å². The number of nitriles is 1. The summed E-state index contributed by atoms with van der Waals surface area (Å²) in [7, 11) is 0. The lowest BCUT2D eigenvalue weighted by atomic mass is 10.2. The molecule has 0 bridgehead atoms. The zero-order valence-corrected chi connectivity index (χ0v) is 6.45. The van der Waals surface area contributed by atoms with Crippen molar-refractivity contribution in [3.63, 3.8) is 0 Å². The number of hydrogen-bond donors (Lipinski definition) is 1. The van der Waals surface area contributed by atoms with E-state index in [2.05, 4.69) is 0 Å². The molecule has 13 heavy (non-hydrogen) atoms. The number of hydrogen-bond acceptors (Lipinski definition) is 3. The highest BCUT2D eigenvalue weighted by Gasteiger charge is 2.13. The van der Waals surface area contributed by atoms with Gasteiger partial charge in [-0.1, -0.05) is 0 Å². The second-order valence-electron chi connectivity index (χ2n) is 2.28. The van der Waals surface area contributed by atoms with Gasteiger partial charge in [-0.25, -0.2) is 14.2 Å². The molecule has 1 rings (SSSR count). The van der Waals surface area contributed by atoms with Crippen LogP contribution >= 0.6 is 0 Å². The minimum absolute atomic E-state index is 0.0213. The van der Waals surface area contributed by atoms with E-state index in [-0.39, 0.29) is 5.56 Å². The van der Waals surface area contributed by atoms with Crippen LogP contribution < -0.4 is 5.06 Å². The maximum Gasteiger partial charge on any atom is 0.358 e. The molecule has 1 N–H and O–H groups in total. The molecule has 0 aliphatic carbocycles. The van der Waals surface area contributed by atoms with Crippen LogP contribution in [0.5, 0.6) is 0 Å². The van der Waals surface area contributed by atoms with Crippen molar-refractivity contribution in [3.05, 3.63) is 40.9 Å². The summed E-state index contributed by atoms with van der Waals surface area (Å²) in [6.07, 6.45) is 1.20. The molecule has 0 radical (unpaired) electrons. The van der Waals surface area contributed by atoms with Gasteiger partial charge in [0.05, 0.1) is 5.56 Å². The summed E-state index contributed by atoms with van der Waals surface area (Å²) >= 11 is 0. The molecule has 1 atom stereocenters. The molecule has 0 spiro atoms. The van der Waals surface area contributed by atoms with Gasteiger partial charge in [0.25, 0.3) is 0 Å². The Morgan fingerprint density at radius 3 is 2.46 bits per heavy atom. The molecule has 1 amide bonds. The average Bonchev–Trinajstić information content (AvgIpc) is 2.17. The Hall–Kier alpha value is -1.77. The second kappa shape index (κ2) is 3.76. The fourth-order valence-corrected chi connectivity index (χ4v) is 0.783. The summed E-state index contributed by atoms with van der Waals surface area (Å²) in [5, 5.41) is 17.6. The lowest BCUT2D eigenvalue weighted by Crippen LogP contribution is -3.06. The first kappa shape index (κ1) is 9.32. The number of carbonyl (C=O) groups excluding carboxylic acids is 1. The number of rotatable bonds is 1. The van der Waals surface area contributed by atoms with Gasteiger partial charge in [-0.3, -0.25) is 0 Å². The van der Waals surface area contributed by atoms with Crippen LogP contribution in [0.3, 0.4) is 0 Å². The zero-order valence-electron chi connectivity index (χ0n) is 6.45. The molecule has 0 aliphatic heterocycles. The van der Waals surface area contributed by atoms with Crippen molar-refractivity contribution in [1.82, 2.24) is 0 Å². The van der Waals surface area contributed by atoms with Gasteiger partial charge in [0.1, 0.15) is 5.82 Å². The molecule has 0 saturated heterocycles. The number of halogens is 1. The largest absolute Gasteiger partial charge is 0.611 e. The Labute approximate surface area is 73.4 Å². The molecule has 0 saturated carbocycles. The number of amides is 1. The van der Waals surface area contributed by atoms with Crippen molar-refractivity contribution >= 4 is 5.91 Å². The van der Waals surface area contributed by atoms with E-state index in [1.54, 1.807) is 0 Å². The van der Waals surface area contributed by atoms with E-state index in [0.717, 1.165) is 24.3 Å². The van der Waals surface area contributed by atoms with Gasteiger partial charge < -0.3 is 5.21 Å². The van der Waals surface area contributed by atoms with Crippen LogP contribution in [-0.2, 0) is 0 Å². The van der Waals surface area contributed by atoms with Crippen molar-refractivity contribution in [3.8, 4) is 6.19 Å². The number of nitrogens with zero attached hydrogens (tertiary/aromatic N) is 1. The lowest BCUT2D eigenvalue weighted by Gasteiger charge is -2.07. The predicted octanol–water partition coefficient (Wildman–Crippen LogP) is -0.170. The van der Waals surface area contributed by atoms with Crippen molar-refractivity contribution in [2.75, 3.05) is 0 Å². The standard InChI is InChI=1S/C8H5FN2O2/c9-7-3-1-6(2-4-7)8(12)11(13)5-10/h1-4,11H. The number of quaternary nitrogens is 1. The average molecular weight is 180 g/mol. The van der Waals surface area contributed by atoms with E-state index < -0.39 is 16.8 Å². The monoisotopic (exact) mass is 180 g/mol. The van der Waals surface area contributed by atoms with Crippen LogP contribution in [0.15, 0.2) is 24.3 Å². The molecule has 5 heteroatoms. The Kier molecular flexibility index (Phi) is 2.69. The first-order valence-corrected chi connectivity index (χ1v) is 3.39. The molecule has 4 nitrogen and oxygen atoms in total. The van der Waals surface area contributed by atoms with Crippen molar-refractivity contribution in [2.45, 2.75) is 0 Å². The zero-order chi connectivity index (χ0) is 9.84. The Morgan fingerprint density at radius 1 is 1.46 bits per heavy atom. The van der Waals surface area contributed by atoms with Gasteiger partial charge in [-0.15, -0.1) is 5.26 Å². The van der Waals surface area contributed by atoms with Crippen LogP contribution in [0.1, 0.15) is 10.4 Å². The lowest BCUT2D eigenvalue weighted by molar-refractivity contribution is -0.678. The van der Waals surface area contributed by atoms with Crippen LogP contribution in [0.25, 0.3) is 0 Å². The predicted molar refractivity (Wildman–Crippen MR) is 40.7 cm³/mol. The molecule has 0 aliphatic rings. The first-order chi connectivity index (χ1) is 6.15. The molecule has 0 aromatic heterocycles. The SMILES string of the molecule is N#C[NH+]([O-])C(=O)c1ccc(F)cc1. The van der Waals surface area contributed by atoms with Gasteiger partial charge >= 0.3 is 12.1 Å². The van der Waals surface area contributed by atoms with Crippen LogP contribution in [0, 0.1) is 22.5 Å². The highest BCUT2D eigenvalue weighted by molar-refractivity contribution is 5.87. The van der Waals surface area contributed by atoms with E-state index in [9.17, 15) is 14.4 Å². The van der Waals surface area contributed by atoms with E-state index in [1.165, 1.54) is 6.19 Å². The Balaban J connectivity index is 2.91. The topological polar surface area (TPSA) is 68.4 Å². The summed E-state index contributed by atoms with van der Waals surface area (Å²) in [4.78, 5) is 11.0. The number of nitrogens with one attached hydrogen (secondary N) is 1. The normalized spacial score (nSPS) is 11.8. The van der Waals surface area contributed by atoms with Gasteiger partial charge in [0.2, 0.25) is 0 Å². The van der Waals surface area contributed by atoms with Gasteiger partial charge in [-0.2, -0.15) is 0 Å². The fourth-order valence-electron chi connectivity index (χ4n) is 0.783. The summed E-state index contributed by atoms with van der Waals surface area (Å²) in [6.45, 7) is 0. The van der Waals surface area contributed by atoms with Gasteiger partial charge in [-0.05, 0) is 24.3 Å². The Morgan fingerprint density at radius 2 is 2.00 bits per heavy atom. The molecular formula is C8H5FN2O2. The fraction of sp³-hybridized carbons (Fsp3) is 0. The number of carbonyl (C=O) groups is 1. The third-order valence-corrected chi connectivity index (χ3v) is 1.41. The van der Waals surface area contributed by atoms with E-state index in [1.807, 2.05) is 0 Å². The molecule has 1 aromatic rings. The van der Waals surface area contributed by atoms with Crippen molar-refractivity contribution < 1.29 is 14.2 Å². The van der Waals surface area contributed by atoms with E-state index in [4.69, 9.17) is 5.26 Å². The van der Waals surface area contributed by atoms with Gasteiger partial charge in [0.15, 0.2) is 0 Å². The van der Waals surface area contributed by atoms with Crippen molar-refractivity contribution in [2.24, 2.45) is 0 Å². The van der Waals surface area contributed by atoms with E-state index >= 15 is 0 Å². The summed E-state index contributed by atoms with van der Waals surface area (Å²) in [5.74, 6) is -1.41. The first-order valence-electron chi connectivity index (χ1n) is 3.39. The summed E-state index contributed by atoms with van der Waals surface area (Å²) in [5.41, 5.74) is 0.0213. The third-order valence-electron chi connectivity index (χ3n) is 1.41. The molecule has 1 aromatic carbocycles. The quantitative estimate of drug-likeness (QED) is 0.482. The maximum atomic E-state index is 12.4. The Bertz CT molecular complexity index is 355. The second-order valence-corrected chi connectivity index (χ2v) is 2.28. The molecule has 1 unspecified atom stereocenters. The van der Waals surface area contributed by atoms with E-state index in [0.29, 0.717) is 0 Å². The maximum absolute atomic E-state index is 12.4. The third kappa shape index (κ3) is 2.08. The number of hydroxylamine groups is 2. The minimum atomic E-state index is -1.15. The van der Waals surface area contributed by atoms with Crippen molar-refractivity contribution in [1.29, 1.82) is 5.26 Å². The smallest absolute Gasteiger partial charge is 0.358 e. The molecular weight excluding hydrogens is 175 g/mol. The number of benzene rings is 1. The highest BCUT2D eigenvalue weighted by atomic mass is 19.1. The van der Waals surface area contributed by atoms with Crippen LogP contribution in [0.2, 0.25) is 0 Å².